The van der Waals surface area contributed by atoms with Gasteiger partial charge in [0, 0.05) is 5.75 Å². The molecule has 2 rings (SSSR count). The maximum absolute atomic E-state index is 9.12. The van der Waals surface area contributed by atoms with Crippen LogP contribution in [0.25, 0.3) is 10.2 Å². The Labute approximate surface area is 101 Å². The molecule has 1 heterocycles. The molecule has 1 atom stereocenters. The van der Waals surface area contributed by atoms with Crippen LogP contribution in [-0.4, -0.2) is 21.9 Å². The lowest BCUT2D eigenvalue weighted by Gasteiger charge is -1.99. The molecule has 0 fully saturated rings. The van der Waals surface area contributed by atoms with E-state index in [1.54, 1.807) is 39.8 Å². The first-order valence-corrected chi connectivity index (χ1v) is 7.72. The van der Waals surface area contributed by atoms with Crippen molar-refractivity contribution in [2.24, 2.45) is 0 Å². The Kier molecular flexibility index (Phi) is 3.91. The summed E-state index contributed by atoms with van der Waals surface area (Å²) in [6.45, 7) is 1.80. The second-order valence-corrected chi connectivity index (χ2v) is 6.78. The van der Waals surface area contributed by atoms with Gasteiger partial charge in [-0.1, -0.05) is 22.9 Å². The Morgan fingerprint density at radius 2 is 2.27 bits per heavy atom. The van der Waals surface area contributed by atoms with E-state index in [0.717, 1.165) is 15.6 Å². The van der Waals surface area contributed by atoms with Gasteiger partial charge in [-0.05, 0) is 29.9 Å². The van der Waals surface area contributed by atoms with E-state index >= 15 is 0 Å². The van der Waals surface area contributed by atoms with E-state index in [2.05, 4.69) is 11.1 Å². The van der Waals surface area contributed by atoms with Crippen molar-refractivity contribution in [1.82, 2.24) is 4.98 Å². The van der Waals surface area contributed by atoms with Crippen LogP contribution in [0.1, 0.15) is 6.92 Å². The highest BCUT2D eigenvalue weighted by Gasteiger charge is 2.04. The van der Waals surface area contributed by atoms with Crippen LogP contribution in [-0.2, 0) is 0 Å². The van der Waals surface area contributed by atoms with Gasteiger partial charge in [0.05, 0.1) is 16.3 Å². The van der Waals surface area contributed by atoms with Gasteiger partial charge in [-0.25, -0.2) is 4.98 Å². The fourth-order valence-corrected chi connectivity index (χ4v) is 4.62. The number of thiazole rings is 1. The standard InChI is InChI=1S/C10H11NOS3/c1-7(12)6-13-15-10-11-8-4-2-3-5-9(8)14-10/h2-5,7,12H,6H2,1H3. The highest BCUT2D eigenvalue weighted by Crippen LogP contribution is 2.36. The number of para-hydroxylation sites is 1. The van der Waals surface area contributed by atoms with Crippen LogP contribution < -0.4 is 0 Å². The van der Waals surface area contributed by atoms with Crippen LogP contribution in [0, 0.1) is 0 Å². The Balaban J connectivity index is 2.03. The van der Waals surface area contributed by atoms with Crippen molar-refractivity contribution in [2.75, 3.05) is 5.75 Å². The molecule has 80 valence electrons. The van der Waals surface area contributed by atoms with E-state index in [9.17, 15) is 0 Å². The summed E-state index contributed by atoms with van der Waals surface area (Å²) in [5.74, 6) is 0.737. The number of nitrogens with zero attached hydrogens (tertiary/aromatic N) is 1. The first-order valence-electron chi connectivity index (χ1n) is 4.59. The smallest absolute Gasteiger partial charge is 0.161 e. The van der Waals surface area contributed by atoms with E-state index in [-0.39, 0.29) is 6.10 Å². The summed E-state index contributed by atoms with van der Waals surface area (Å²) in [7, 11) is 3.28. The van der Waals surface area contributed by atoms with Crippen LogP contribution in [0.5, 0.6) is 0 Å². The lowest BCUT2D eigenvalue weighted by molar-refractivity contribution is 0.221. The normalized spacial score (nSPS) is 13.2. The van der Waals surface area contributed by atoms with Crippen LogP contribution in [0.3, 0.4) is 0 Å². The molecule has 0 aliphatic carbocycles. The number of aliphatic hydroxyl groups is 1. The number of aromatic nitrogens is 1. The van der Waals surface area contributed by atoms with Crippen molar-refractivity contribution < 1.29 is 5.11 Å². The predicted molar refractivity (Wildman–Crippen MR) is 69.6 cm³/mol. The van der Waals surface area contributed by atoms with Crippen molar-refractivity contribution in [3.05, 3.63) is 24.3 Å². The van der Waals surface area contributed by atoms with E-state index in [4.69, 9.17) is 5.11 Å². The Morgan fingerprint density at radius 1 is 1.47 bits per heavy atom. The second-order valence-electron chi connectivity index (χ2n) is 3.16. The number of rotatable bonds is 4. The van der Waals surface area contributed by atoms with Crippen molar-refractivity contribution in [1.29, 1.82) is 0 Å². The molecule has 0 aliphatic rings. The maximum atomic E-state index is 9.12. The summed E-state index contributed by atoms with van der Waals surface area (Å²) in [5, 5.41) is 9.12. The molecule has 1 N–H and O–H groups in total. The molecule has 1 unspecified atom stereocenters. The molecule has 0 saturated heterocycles. The molecule has 0 aliphatic heterocycles. The van der Waals surface area contributed by atoms with Gasteiger partial charge in [-0.3, -0.25) is 0 Å². The first-order chi connectivity index (χ1) is 7.25. The SMILES string of the molecule is CC(O)CSSc1nc2ccccc2s1. The van der Waals surface area contributed by atoms with E-state index in [0.29, 0.717) is 0 Å². The quantitative estimate of drug-likeness (QED) is 0.851. The number of hydrogen-bond donors (Lipinski definition) is 1. The lowest BCUT2D eigenvalue weighted by Crippen LogP contribution is -2.00. The predicted octanol–water partition coefficient (Wildman–Crippen LogP) is 3.42. The third kappa shape index (κ3) is 3.11. The van der Waals surface area contributed by atoms with Gasteiger partial charge in [0.25, 0.3) is 0 Å². The fourth-order valence-electron chi connectivity index (χ4n) is 1.07. The summed E-state index contributed by atoms with van der Waals surface area (Å²) in [6.07, 6.45) is -0.253. The van der Waals surface area contributed by atoms with Crippen molar-refractivity contribution in [3.8, 4) is 0 Å². The minimum atomic E-state index is -0.253. The minimum Gasteiger partial charge on any atom is -0.393 e. The van der Waals surface area contributed by atoms with Gasteiger partial charge in [0.1, 0.15) is 0 Å². The molecule has 15 heavy (non-hydrogen) atoms. The maximum Gasteiger partial charge on any atom is 0.161 e. The zero-order valence-corrected chi connectivity index (χ0v) is 10.7. The van der Waals surface area contributed by atoms with Gasteiger partial charge < -0.3 is 5.11 Å². The summed E-state index contributed by atoms with van der Waals surface area (Å²) in [4.78, 5) is 4.49. The van der Waals surface area contributed by atoms with Gasteiger partial charge >= 0.3 is 0 Å². The second kappa shape index (κ2) is 5.21. The number of fused-ring (bicyclic) bond motifs is 1. The molecular formula is C10H11NOS3. The van der Waals surface area contributed by atoms with Gasteiger partial charge in [-0.2, -0.15) is 0 Å². The van der Waals surface area contributed by atoms with Gasteiger partial charge in [-0.15, -0.1) is 11.3 Å². The third-order valence-electron chi connectivity index (χ3n) is 1.71. The zero-order valence-electron chi connectivity index (χ0n) is 8.21. The zero-order chi connectivity index (χ0) is 10.7. The Hall–Kier alpha value is -0.230. The monoisotopic (exact) mass is 257 g/mol. The highest BCUT2D eigenvalue weighted by atomic mass is 33.1. The van der Waals surface area contributed by atoms with Gasteiger partial charge in [0.2, 0.25) is 0 Å². The van der Waals surface area contributed by atoms with Crippen LogP contribution >= 0.6 is 32.9 Å². The topological polar surface area (TPSA) is 33.1 Å². The Bertz CT molecular complexity index is 408. The molecule has 0 amide bonds. The molecule has 0 saturated carbocycles. The molecule has 0 spiro atoms. The number of hydrogen-bond acceptors (Lipinski definition) is 5. The van der Waals surface area contributed by atoms with Gasteiger partial charge in [0.15, 0.2) is 4.34 Å². The number of benzene rings is 1. The van der Waals surface area contributed by atoms with Crippen LogP contribution in [0.4, 0.5) is 0 Å². The summed E-state index contributed by atoms with van der Waals surface area (Å²) in [6, 6.07) is 8.13. The van der Waals surface area contributed by atoms with Crippen LogP contribution in [0.15, 0.2) is 28.6 Å². The highest BCUT2D eigenvalue weighted by molar-refractivity contribution is 8.77. The molecule has 5 heteroatoms. The largest absolute Gasteiger partial charge is 0.393 e. The van der Waals surface area contributed by atoms with E-state index < -0.39 is 0 Å². The molecule has 0 bridgehead atoms. The third-order valence-corrected chi connectivity index (χ3v) is 5.57. The minimum absolute atomic E-state index is 0.253. The molecule has 1 aromatic carbocycles. The summed E-state index contributed by atoms with van der Waals surface area (Å²) in [5.41, 5.74) is 1.06. The first kappa shape index (κ1) is 11.3. The Morgan fingerprint density at radius 3 is 3.00 bits per heavy atom. The summed E-state index contributed by atoms with van der Waals surface area (Å²) < 4.78 is 2.28. The molecule has 0 radical (unpaired) electrons. The lowest BCUT2D eigenvalue weighted by atomic mass is 10.3. The van der Waals surface area contributed by atoms with E-state index in [1.165, 1.54) is 4.70 Å². The number of aliphatic hydroxyl groups excluding tert-OH is 1. The summed E-state index contributed by atoms with van der Waals surface area (Å²) >= 11 is 1.70. The van der Waals surface area contributed by atoms with Crippen molar-refractivity contribution in [3.63, 3.8) is 0 Å². The fraction of sp³-hybridized carbons (Fsp3) is 0.300. The van der Waals surface area contributed by atoms with Crippen LogP contribution in [0.2, 0.25) is 0 Å². The molecule has 1 aromatic heterocycles. The van der Waals surface area contributed by atoms with E-state index in [1.807, 2.05) is 18.2 Å². The molecular weight excluding hydrogens is 246 g/mol. The average molecular weight is 257 g/mol. The van der Waals surface area contributed by atoms with Crippen molar-refractivity contribution >= 4 is 43.1 Å². The molecule has 2 nitrogen and oxygen atoms in total. The van der Waals surface area contributed by atoms with Crippen molar-refractivity contribution in [2.45, 2.75) is 17.4 Å². The average Bonchev–Trinajstić information content (AvgIpc) is 2.59. The molecule has 2 aromatic rings.